The lowest BCUT2D eigenvalue weighted by molar-refractivity contribution is 0.102. The standard InChI is InChI=1S/C19H17FN2O2/c1-3-13-7-9-16(10-8-13)21-19(23)17-12(2)24-22-18(17)14-5-4-6-15(20)11-14/h4-11H,3H2,1-2H3,(H,21,23). The van der Waals surface area contributed by atoms with Gasteiger partial charge in [0.05, 0.1) is 0 Å². The molecular formula is C19H17FN2O2. The number of nitrogens with zero attached hydrogens (tertiary/aromatic N) is 1. The minimum Gasteiger partial charge on any atom is -0.360 e. The van der Waals surface area contributed by atoms with Crippen molar-refractivity contribution in [2.45, 2.75) is 20.3 Å². The van der Waals surface area contributed by atoms with Gasteiger partial charge in [0.1, 0.15) is 22.8 Å². The van der Waals surface area contributed by atoms with Crippen molar-refractivity contribution >= 4 is 11.6 Å². The van der Waals surface area contributed by atoms with Crippen LogP contribution in [0.5, 0.6) is 0 Å². The van der Waals surface area contributed by atoms with Gasteiger partial charge < -0.3 is 9.84 Å². The van der Waals surface area contributed by atoms with Gasteiger partial charge in [-0.3, -0.25) is 4.79 Å². The molecule has 0 saturated heterocycles. The topological polar surface area (TPSA) is 55.1 Å². The molecule has 24 heavy (non-hydrogen) atoms. The number of aromatic nitrogens is 1. The normalized spacial score (nSPS) is 10.6. The van der Waals surface area contributed by atoms with Crippen molar-refractivity contribution < 1.29 is 13.7 Å². The molecule has 0 aliphatic heterocycles. The summed E-state index contributed by atoms with van der Waals surface area (Å²) in [5.74, 6) is -0.344. The number of carbonyl (C=O) groups is 1. The van der Waals surface area contributed by atoms with Crippen LogP contribution in [0.3, 0.4) is 0 Å². The van der Waals surface area contributed by atoms with Crippen LogP contribution in [0.4, 0.5) is 10.1 Å². The van der Waals surface area contributed by atoms with Crippen LogP contribution in [0.1, 0.15) is 28.6 Å². The molecule has 0 bridgehead atoms. The summed E-state index contributed by atoms with van der Waals surface area (Å²) in [5, 5.41) is 6.74. The van der Waals surface area contributed by atoms with Crippen molar-refractivity contribution in [2.24, 2.45) is 0 Å². The van der Waals surface area contributed by atoms with E-state index < -0.39 is 5.82 Å². The summed E-state index contributed by atoms with van der Waals surface area (Å²) in [7, 11) is 0. The van der Waals surface area contributed by atoms with Crippen LogP contribution in [-0.2, 0) is 6.42 Å². The lowest BCUT2D eigenvalue weighted by Gasteiger charge is -2.07. The van der Waals surface area contributed by atoms with E-state index in [0.29, 0.717) is 28.3 Å². The van der Waals surface area contributed by atoms with Crippen molar-refractivity contribution in [3.8, 4) is 11.3 Å². The summed E-state index contributed by atoms with van der Waals surface area (Å²) in [6.07, 6.45) is 0.933. The van der Waals surface area contributed by atoms with E-state index in [1.54, 1.807) is 19.1 Å². The van der Waals surface area contributed by atoms with Gasteiger partial charge in [-0.05, 0) is 43.2 Å². The number of carbonyl (C=O) groups excluding carboxylic acids is 1. The van der Waals surface area contributed by atoms with E-state index in [4.69, 9.17) is 4.52 Å². The van der Waals surface area contributed by atoms with Gasteiger partial charge in [-0.1, -0.05) is 36.3 Å². The molecule has 122 valence electrons. The molecule has 3 rings (SSSR count). The summed E-state index contributed by atoms with van der Waals surface area (Å²) in [4.78, 5) is 12.6. The number of hydrogen-bond donors (Lipinski definition) is 1. The zero-order valence-electron chi connectivity index (χ0n) is 13.5. The SMILES string of the molecule is CCc1ccc(NC(=O)c2c(-c3cccc(F)c3)noc2C)cc1. The molecule has 5 heteroatoms. The summed E-state index contributed by atoms with van der Waals surface area (Å²) in [6.45, 7) is 3.73. The molecule has 4 nitrogen and oxygen atoms in total. The molecule has 1 aromatic heterocycles. The van der Waals surface area contributed by atoms with Crippen molar-refractivity contribution in [1.29, 1.82) is 0 Å². The van der Waals surface area contributed by atoms with E-state index in [-0.39, 0.29) is 5.91 Å². The van der Waals surface area contributed by atoms with Gasteiger partial charge in [0.2, 0.25) is 0 Å². The van der Waals surface area contributed by atoms with E-state index in [1.165, 1.54) is 17.7 Å². The first-order valence-electron chi connectivity index (χ1n) is 7.71. The highest BCUT2D eigenvalue weighted by molar-refractivity contribution is 6.08. The highest BCUT2D eigenvalue weighted by Gasteiger charge is 2.22. The molecule has 0 aliphatic carbocycles. The second-order valence-corrected chi connectivity index (χ2v) is 5.48. The number of anilines is 1. The zero-order chi connectivity index (χ0) is 17.1. The third-order valence-electron chi connectivity index (χ3n) is 3.81. The molecule has 1 N–H and O–H groups in total. The number of hydrogen-bond acceptors (Lipinski definition) is 3. The Balaban J connectivity index is 1.91. The van der Waals surface area contributed by atoms with Gasteiger partial charge in [-0.15, -0.1) is 0 Å². The monoisotopic (exact) mass is 324 g/mol. The van der Waals surface area contributed by atoms with Crippen LogP contribution in [0, 0.1) is 12.7 Å². The van der Waals surface area contributed by atoms with E-state index >= 15 is 0 Å². The van der Waals surface area contributed by atoms with Crippen molar-refractivity contribution in [2.75, 3.05) is 5.32 Å². The fraction of sp³-hybridized carbons (Fsp3) is 0.158. The Morgan fingerprint density at radius 1 is 1.21 bits per heavy atom. The molecule has 0 fully saturated rings. The minimum atomic E-state index is -0.394. The molecular weight excluding hydrogens is 307 g/mol. The average molecular weight is 324 g/mol. The van der Waals surface area contributed by atoms with Crippen LogP contribution in [0.15, 0.2) is 53.1 Å². The Hall–Kier alpha value is -2.95. The lowest BCUT2D eigenvalue weighted by Crippen LogP contribution is -2.13. The van der Waals surface area contributed by atoms with E-state index in [2.05, 4.69) is 17.4 Å². The van der Waals surface area contributed by atoms with Crippen LogP contribution < -0.4 is 5.32 Å². The summed E-state index contributed by atoms with van der Waals surface area (Å²) in [5.41, 5.74) is 3.01. The van der Waals surface area contributed by atoms with Crippen LogP contribution in [0.2, 0.25) is 0 Å². The van der Waals surface area contributed by atoms with E-state index in [0.717, 1.165) is 6.42 Å². The van der Waals surface area contributed by atoms with E-state index in [9.17, 15) is 9.18 Å². The first-order chi connectivity index (χ1) is 11.6. The molecule has 0 saturated carbocycles. The van der Waals surface area contributed by atoms with Gasteiger partial charge in [0.15, 0.2) is 0 Å². The Morgan fingerprint density at radius 3 is 2.62 bits per heavy atom. The highest BCUT2D eigenvalue weighted by Crippen LogP contribution is 2.26. The van der Waals surface area contributed by atoms with Gasteiger partial charge in [0.25, 0.3) is 5.91 Å². The number of nitrogens with one attached hydrogen (secondary N) is 1. The number of rotatable bonds is 4. The number of benzene rings is 2. The lowest BCUT2D eigenvalue weighted by atomic mass is 10.1. The fourth-order valence-corrected chi connectivity index (χ4v) is 2.49. The Bertz CT molecular complexity index is 869. The van der Waals surface area contributed by atoms with E-state index in [1.807, 2.05) is 24.3 Å². The zero-order valence-corrected chi connectivity index (χ0v) is 13.5. The first kappa shape index (κ1) is 15.9. The third kappa shape index (κ3) is 3.20. The summed E-state index contributed by atoms with van der Waals surface area (Å²) in [6, 6.07) is 13.5. The smallest absolute Gasteiger partial charge is 0.261 e. The molecule has 3 aromatic rings. The predicted molar refractivity (Wildman–Crippen MR) is 90.4 cm³/mol. The van der Waals surface area contributed by atoms with Gasteiger partial charge in [-0.2, -0.15) is 0 Å². The molecule has 0 radical (unpaired) electrons. The first-order valence-corrected chi connectivity index (χ1v) is 7.71. The van der Waals surface area contributed by atoms with Crippen molar-refractivity contribution in [3.63, 3.8) is 0 Å². The minimum absolute atomic E-state index is 0.306. The van der Waals surface area contributed by atoms with Crippen LogP contribution in [-0.4, -0.2) is 11.1 Å². The van der Waals surface area contributed by atoms with Gasteiger partial charge in [-0.25, -0.2) is 4.39 Å². The fourth-order valence-electron chi connectivity index (χ4n) is 2.49. The molecule has 0 unspecified atom stereocenters. The highest BCUT2D eigenvalue weighted by atomic mass is 19.1. The number of halogens is 1. The Kier molecular flexibility index (Phi) is 4.42. The number of aryl methyl sites for hydroxylation is 2. The molecule has 0 atom stereocenters. The van der Waals surface area contributed by atoms with Gasteiger partial charge >= 0.3 is 0 Å². The summed E-state index contributed by atoms with van der Waals surface area (Å²) >= 11 is 0. The third-order valence-corrected chi connectivity index (χ3v) is 3.81. The van der Waals surface area contributed by atoms with Crippen LogP contribution >= 0.6 is 0 Å². The van der Waals surface area contributed by atoms with Crippen molar-refractivity contribution in [3.05, 3.63) is 71.2 Å². The quantitative estimate of drug-likeness (QED) is 0.763. The molecule has 1 heterocycles. The van der Waals surface area contributed by atoms with Gasteiger partial charge in [0, 0.05) is 11.3 Å². The Labute approximate surface area is 139 Å². The molecule has 0 aliphatic rings. The second kappa shape index (κ2) is 6.66. The average Bonchev–Trinajstić information content (AvgIpc) is 2.97. The maximum atomic E-state index is 13.5. The maximum Gasteiger partial charge on any atom is 0.261 e. The second-order valence-electron chi connectivity index (χ2n) is 5.48. The maximum absolute atomic E-state index is 13.5. The Morgan fingerprint density at radius 2 is 1.96 bits per heavy atom. The largest absolute Gasteiger partial charge is 0.360 e. The predicted octanol–water partition coefficient (Wildman–Crippen LogP) is 4.60. The number of amides is 1. The summed E-state index contributed by atoms with van der Waals surface area (Å²) < 4.78 is 18.6. The molecule has 0 spiro atoms. The van der Waals surface area contributed by atoms with Crippen LogP contribution in [0.25, 0.3) is 11.3 Å². The molecule has 1 amide bonds. The molecule has 2 aromatic carbocycles. The van der Waals surface area contributed by atoms with Crippen molar-refractivity contribution in [1.82, 2.24) is 5.16 Å².